The molecule has 0 saturated heterocycles. The summed E-state index contributed by atoms with van der Waals surface area (Å²) in [6.07, 6.45) is 0. The van der Waals surface area contributed by atoms with Gasteiger partial charge >= 0.3 is 0 Å². The fourth-order valence-corrected chi connectivity index (χ4v) is 14.2. The van der Waals surface area contributed by atoms with E-state index >= 15 is 0 Å². The van der Waals surface area contributed by atoms with Crippen LogP contribution in [0, 0.1) is 0 Å². The predicted octanol–water partition coefficient (Wildman–Crippen LogP) is 10.9. The van der Waals surface area contributed by atoms with Crippen molar-refractivity contribution in [2.24, 2.45) is 0 Å². The van der Waals surface area contributed by atoms with Gasteiger partial charge in [-0.3, -0.25) is 0 Å². The topological polar surface area (TPSA) is 9.86 Å². The van der Waals surface area contributed by atoms with E-state index < -0.39 is 8.07 Å². The van der Waals surface area contributed by atoms with Crippen LogP contribution in [-0.4, -0.2) is 17.2 Å². The third kappa shape index (κ3) is 5.10. The number of benzene rings is 9. The maximum absolute atomic E-state index is 2.69. The zero-order valence-electron chi connectivity index (χ0n) is 31.3. The van der Waals surface area contributed by atoms with E-state index in [1.807, 2.05) is 0 Å². The first-order valence-electron chi connectivity index (χ1n) is 19.7. The summed E-state index contributed by atoms with van der Waals surface area (Å²) in [5.74, 6) is 0. The van der Waals surface area contributed by atoms with E-state index in [4.69, 9.17) is 0 Å². The van der Waals surface area contributed by atoms with Gasteiger partial charge in [0.25, 0.3) is 0 Å². The zero-order chi connectivity index (χ0) is 37.8. The monoisotopic (exact) mass is 742 g/mol. The molecule has 2 aromatic heterocycles. The van der Waals surface area contributed by atoms with Gasteiger partial charge in [-0.25, -0.2) is 0 Å². The molecule has 0 amide bonds. The lowest BCUT2D eigenvalue weighted by molar-refractivity contribution is 1.17. The van der Waals surface area contributed by atoms with Gasteiger partial charge in [0.15, 0.2) is 8.07 Å². The molecule has 0 fully saturated rings. The highest BCUT2D eigenvalue weighted by atomic mass is 28.3. The molecule has 2 nitrogen and oxygen atoms in total. The molecule has 0 aliphatic heterocycles. The number of aromatic nitrogens is 2. The fraction of sp³-hybridized carbons (Fsp3) is 0. The van der Waals surface area contributed by atoms with Crippen molar-refractivity contribution in [2.45, 2.75) is 0 Å². The first-order chi connectivity index (χ1) is 28.3. The van der Waals surface area contributed by atoms with Gasteiger partial charge in [-0.1, -0.05) is 188 Å². The van der Waals surface area contributed by atoms with Crippen LogP contribution in [0.15, 0.2) is 231 Å². The van der Waals surface area contributed by atoms with Crippen molar-refractivity contribution in [3.8, 4) is 22.5 Å². The molecular weight excluding hydrogens is 705 g/mol. The molecule has 0 radical (unpaired) electrons. The molecule has 0 N–H and O–H groups in total. The quantitative estimate of drug-likeness (QED) is 0.114. The van der Waals surface area contributed by atoms with Gasteiger partial charge in [-0.15, -0.1) is 0 Å². The maximum atomic E-state index is 2.49. The predicted molar refractivity (Wildman–Crippen MR) is 244 cm³/mol. The standard InChI is InChI=1S/C54H38N2Si/c1-6-20-40(21-7-1)55-49-32-18-17-31-47(49)53-51(55)38-48(52-46-30-16-19-33-50(46)56(54(52)53)41-22-8-2-9-23-41)39-34-36-45(37-35-39)57(42-24-10-3-11-25-42,43-26-12-4-13-27-43)44-28-14-5-15-29-44/h1-38H. The minimum atomic E-state index is -2.69. The van der Waals surface area contributed by atoms with Crippen molar-refractivity contribution in [1.29, 1.82) is 0 Å². The Hall–Kier alpha value is -7.20. The Labute approximate surface area is 333 Å². The molecule has 0 saturated carbocycles. The van der Waals surface area contributed by atoms with Crippen molar-refractivity contribution >= 4 is 72.4 Å². The number of hydrogen-bond donors (Lipinski definition) is 0. The van der Waals surface area contributed by atoms with Gasteiger partial charge < -0.3 is 9.13 Å². The molecular formula is C54H38N2Si. The Morgan fingerprint density at radius 3 is 1.19 bits per heavy atom. The lowest BCUT2D eigenvalue weighted by Crippen LogP contribution is -2.74. The molecule has 0 aliphatic rings. The van der Waals surface area contributed by atoms with Crippen LogP contribution >= 0.6 is 0 Å². The Bertz CT molecular complexity index is 3090. The number of rotatable bonds is 7. The van der Waals surface area contributed by atoms with Crippen molar-refractivity contribution in [1.82, 2.24) is 9.13 Å². The highest BCUT2D eigenvalue weighted by Crippen LogP contribution is 2.46. The molecule has 268 valence electrons. The highest BCUT2D eigenvalue weighted by Gasteiger charge is 2.41. The molecule has 0 atom stereocenters. The summed E-state index contributed by atoms with van der Waals surface area (Å²) in [4.78, 5) is 0. The molecule has 57 heavy (non-hydrogen) atoms. The van der Waals surface area contributed by atoms with Crippen LogP contribution in [0.3, 0.4) is 0 Å². The lowest BCUT2D eigenvalue weighted by atomic mass is 9.96. The average Bonchev–Trinajstić information content (AvgIpc) is 3.82. The Balaban J connectivity index is 1.26. The average molecular weight is 743 g/mol. The van der Waals surface area contributed by atoms with Crippen molar-refractivity contribution < 1.29 is 0 Å². The maximum Gasteiger partial charge on any atom is 0.179 e. The van der Waals surface area contributed by atoms with Crippen molar-refractivity contribution in [3.63, 3.8) is 0 Å². The molecule has 0 spiro atoms. The summed E-state index contributed by atoms with van der Waals surface area (Å²) in [5.41, 5.74) is 9.53. The molecule has 11 aromatic rings. The van der Waals surface area contributed by atoms with Crippen molar-refractivity contribution in [2.75, 3.05) is 0 Å². The van der Waals surface area contributed by atoms with E-state index in [0.717, 1.165) is 11.4 Å². The normalized spacial score (nSPS) is 11.9. The van der Waals surface area contributed by atoms with Gasteiger partial charge in [-0.2, -0.15) is 0 Å². The second-order valence-corrected chi connectivity index (χ2v) is 18.7. The molecule has 0 bridgehead atoms. The summed E-state index contributed by atoms with van der Waals surface area (Å²) in [7, 11) is -2.69. The van der Waals surface area contributed by atoms with Crippen LogP contribution in [0.25, 0.3) is 66.1 Å². The first kappa shape index (κ1) is 33.2. The van der Waals surface area contributed by atoms with Crippen LogP contribution in [0.4, 0.5) is 0 Å². The summed E-state index contributed by atoms with van der Waals surface area (Å²) < 4.78 is 4.94. The van der Waals surface area contributed by atoms with E-state index in [9.17, 15) is 0 Å². The summed E-state index contributed by atoms with van der Waals surface area (Å²) >= 11 is 0. The second kappa shape index (κ2) is 13.5. The summed E-state index contributed by atoms with van der Waals surface area (Å²) in [5, 5.41) is 10.5. The summed E-state index contributed by atoms with van der Waals surface area (Å²) in [6, 6.07) is 85.1. The SMILES string of the molecule is c1ccc(-n2c3ccccc3c3c2cc(-c2ccc([Si](c4ccccc4)(c4ccccc4)c4ccccc4)cc2)c2c4ccccc4n(-c4ccccc4)c23)cc1. The zero-order valence-corrected chi connectivity index (χ0v) is 32.3. The van der Waals surface area contributed by atoms with E-state index in [1.54, 1.807) is 0 Å². The third-order valence-electron chi connectivity index (χ3n) is 11.9. The van der Waals surface area contributed by atoms with E-state index in [-0.39, 0.29) is 0 Å². The number of hydrogen-bond acceptors (Lipinski definition) is 0. The molecule has 0 aliphatic carbocycles. The summed E-state index contributed by atoms with van der Waals surface area (Å²) in [6.45, 7) is 0. The van der Waals surface area contributed by atoms with Crippen LogP contribution < -0.4 is 20.7 Å². The third-order valence-corrected chi connectivity index (χ3v) is 16.6. The fourth-order valence-electron chi connectivity index (χ4n) is 9.50. The molecule has 3 heteroatoms. The Morgan fingerprint density at radius 1 is 0.298 bits per heavy atom. The minimum absolute atomic E-state index is 1.15. The second-order valence-electron chi connectivity index (χ2n) is 14.8. The molecule has 2 heterocycles. The van der Waals surface area contributed by atoms with Gasteiger partial charge in [0.1, 0.15) is 0 Å². The van der Waals surface area contributed by atoms with Crippen LogP contribution in [0.5, 0.6) is 0 Å². The van der Waals surface area contributed by atoms with E-state index in [0.29, 0.717) is 0 Å². The largest absolute Gasteiger partial charge is 0.309 e. The smallest absolute Gasteiger partial charge is 0.179 e. The lowest BCUT2D eigenvalue weighted by Gasteiger charge is -2.34. The first-order valence-corrected chi connectivity index (χ1v) is 21.7. The van der Waals surface area contributed by atoms with E-state index in [2.05, 4.69) is 240 Å². The van der Waals surface area contributed by atoms with Gasteiger partial charge in [-0.05, 0) is 74.3 Å². The number of fused-ring (bicyclic) bond motifs is 7. The van der Waals surface area contributed by atoms with Crippen LogP contribution in [-0.2, 0) is 0 Å². The Kier molecular flexibility index (Phi) is 7.87. The van der Waals surface area contributed by atoms with Gasteiger partial charge in [0.05, 0.1) is 22.1 Å². The van der Waals surface area contributed by atoms with Crippen LogP contribution in [0.1, 0.15) is 0 Å². The molecule has 0 unspecified atom stereocenters. The molecule has 11 rings (SSSR count). The van der Waals surface area contributed by atoms with Crippen LogP contribution in [0.2, 0.25) is 0 Å². The molecule has 9 aromatic carbocycles. The van der Waals surface area contributed by atoms with Gasteiger partial charge in [0.2, 0.25) is 0 Å². The van der Waals surface area contributed by atoms with E-state index in [1.165, 1.54) is 75.5 Å². The van der Waals surface area contributed by atoms with Crippen molar-refractivity contribution in [3.05, 3.63) is 231 Å². The highest BCUT2D eigenvalue weighted by molar-refractivity contribution is 7.19. The minimum Gasteiger partial charge on any atom is -0.309 e. The Morgan fingerprint density at radius 2 is 0.684 bits per heavy atom. The number of para-hydroxylation sites is 4. The number of nitrogens with zero attached hydrogens (tertiary/aromatic N) is 2. The van der Waals surface area contributed by atoms with Gasteiger partial charge in [0, 0.05) is 32.9 Å².